The second-order valence-electron chi connectivity index (χ2n) is 3.80. The molecule has 0 spiro atoms. The minimum atomic E-state index is 0.481. The Morgan fingerprint density at radius 3 is 2.54 bits per heavy atom. The summed E-state index contributed by atoms with van der Waals surface area (Å²) in [5.41, 5.74) is 0. The fourth-order valence-corrected chi connectivity index (χ4v) is 2.06. The van der Waals surface area contributed by atoms with Crippen LogP contribution in [0.4, 0.5) is 0 Å². The predicted molar refractivity (Wildman–Crippen MR) is 54.2 cm³/mol. The van der Waals surface area contributed by atoms with Gasteiger partial charge < -0.3 is 4.57 Å². The van der Waals surface area contributed by atoms with Gasteiger partial charge in [0, 0.05) is 12.0 Å². The first-order chi connectivity index (χ1) is 6.24. The second-order valence-corrected chi connectivity index (χ2v) is 4.57. The molecule has 0 saturated heterocycles. The molecule has 0 radical (unpaired) electrons. The molecule has 0 atom stereocenters. The Kier molecular flexibility index (Phi) is 2.32. The lowest BCUT2D eigenvalue weighted by molar-refractivity contribution is 0.599. The average Bonchev–Trinajstić information content (AvgIpc) is 2.84. The van der Waals surface area contributed by atoms with Gasteiger partial charge in [0.25, 0.3) is 0 Å². The van der Waals surface area contributed by atoms with Crippen molar-refractivity contribution in [1.82, 2.24) is 14.8 Å². The third-order valence-electron chi connectivity index (χ3n) is 2.30. The molecule has 1 aliphatic carbocycles. The van der Waals surface area contributed by atoms with E-state index in [1.54, 1.807) is 11.8 Å². The number of rotatable bonds is 3. The molecular weight excluding hydrogens is 182 g/mol. The summed E-state index contributed by atoms with van der Waals surface area (Å²) >= 11 is 1.69. The van der Waals surface area contributed by atoms with Crippen molar-refractivity contribution in [3.05, 3.63) is 5.82 Å². The molecule has 1 heterocycles. The number of hydrogen-bond acceptors (Lipinski definition) is 3. The van der Waals surface area contributed by atoms with Crippen LogP contribution in [0, 0.1) is 0 Å². The Labute approximate surface area is 82.9 Å². The largest absolute Gasteiger partial charge is 0.303 e. The van der Waals surface area contributed by atoms with Crippen LogP contribution < -0.4 is 0 Å². The molecule has 0 amide bonds. The molecule has 0 aliphatic heterocycles. The summed E-state index contributed by atoms with van der Waals surface area (Å²) in [5.74, 6) is 1.63. The van der Waals surface area contributed by atoms with Crippen LogP contribution in [-0.2, 0) is 0 Å². The lowest BCUT2D eigenvalue weighted by atomic mass is 10.2. The third kappa shape index (κ3) is 1.59. The summed E-state index contributed by atoms with van der Waals surface area (Å²) in [5, 5.41) is 9.51. The van der Waals surface area contributed by atoms with Crippen molar-refractivity contribution >= 4 is 11.8 Å². The van der Waals surface area contributed by atoms with Gasteiger partial charge in [0.05, 0.1) is 0 Å². The van der Waals surface area contributed by atoms with Crippen LogP contribution in [0.3, 0.4) is 0 Å². The number of hydrogen-bond donors (Lipinski definition) is 0. The Morgan fingerprint density at radius 1 is 1.38 bits per heavy atom. The Bertz CT molecular complexity index is 302. The number of nitrogens with zero attached hydrogens (tertiary/aromatic N) is 3. The van der Waals surface area contributed by atoms with Crippen LogP contribution in [0.2, 0.25) is 0 Å². The van der Waals surface area contributed by atoms with Crippen LogP contribution in [0.15, 0.2) is 5.16 Å². The summed E-state index contributed by atoms with van der Waals surface area (Å²) in [6, 6.07) is 0.690. The monoisotopic (exact) mass is 197 g/mol. The van der Waals surface area contributed by atoms with Crippen molar-refractivity contribution in [2.75, 3.05) is 6.26 Å². The van der Waals surface area contributed by atoms with Gasteiger partial charge in [-0.1, -0.05) is 25.6 Å². The van der Waals surface area contributed by atoms with E-state index in [1.165, 1.54) is 12.8 Å². The van der Waals surface area contributed by atoms with Crippen LogP contribution in [0.5, 0.6) is 0 Å². The number of aromatic nitrogens is 3. The van der Waals surface area contributed by atoms with Crippen LogP contribution in [0.1, 0.15) is 44.5 Å². The molecule has 2 rings (SSSR count). The first kappa shape index (κ1) is 9.06. The molecule has 1 aromatic rings. The molecule has 1 aliphatic rings. The second kappa shape index (κ2) is 3.33. The highest BCUT2D eigenvalue weighted by Crippen LogP contribution is 2.39. The zero-order valence-corrected chi connectivity index (χ0v) is 9.14. The summed E-state index contributed by atoms with van der Waals surface area (Å²) in [7, 11) is 0. The molecule has 13 heavy (non-hydrogen) atoms. The lowest BCUT2D eigenvalue weighted by Gasteiger charge is -2.09. The van der Waals surface area contributed by atoms with Gasteiger partial charge in [-0.25, -0.2) is 0 Å². The van der Waals surface area contributed by atoms with E-state index in [9.17, 15) is 0 Å². The van der Waals surface area contributed by atoms with E-state index in [0.29, 0.717) is 12.0 Å². The maximum absolute atomic E-state index is 4.24. The summed E-state index contributed by atoms with van der Waals surface area (Å²) in [6.07, 6.45) is 4.66. The summed E-state index contributed by atoms with van der Waals surface area (Å²) < 4.78 is 2.31. The van der Waals surface area contributed by atoms with E-state index in [1.807, 2.05) is 0 Å². The van der Waals surface area contributed by atoms with Gasteiger partial charge in [0.1, 0.15) is 5.82 Å². The highest BCUT2D eigenvalue weighted by Gasteiger charge is 2.29. The summed E-state index contributed by atoms with van der Waals surface area (Å²) in [4.78, 5) is 0. The average molecular weight is 197 g/mol. The van der Waals surface area contributed by atoms with Crippen molar-refractivity contribution in [2.24, 2.45) is 0 Å². The van der Waals surface area contributed by atoms with Crippen LogP contribution >= 0.6 is 11.8 Å². The van der Waals surface area contributed by atoms with Crippen molar-refractivity contribution < 1.29 is 0 Å². The van der Waals surface area contributed by atoms with Crippen molar-refractivity contribution in [3.63, 3.8) is 0 Å². The van der Waals surface area contributed by atoms with Crippen LogP contribution in [0.25, 0.3) is 0 Å². The molecule has 0 unspecified atom stereocenters. The molecule has 1 saturated carbocycles. The Balaban J connectivity index is 2.38. The van der Waals surface area contributed by atoms with Gasteiger partial charge in [0.15, 0.2) is 5.16 Å². The lowest BCUT2D eigenvalue weighted by Crippen LogP contribution is -2.04. The maximum atomic E-state index is 4.24. The van der Waals surface area contributed by atoms with Crippen molar-refractivity contribution in [2.45, 2.75) is 43.8 Å². The molecule has 0 bridgehead atoms. The zero-order valence-electron chi connectivity index (χ0n) is 8.32. The number of thioether (sulfide) groups is 1. The highest BCUT2D eigenvalue weighted by atomic mass is 32.2. The first-order valence-electron chi connectivity index (χ1n) is 4.72. The maximum Gasteiger partial charge on any atom is 0.191 e. The predicted octanol–water partition coefficient (Wildman–Crippen LogP) is 2.46. The minimum absolute atomic E-state index is 0.481. The Morgan fingerprint density at radius 2 is 2.08 bits per heavy atom. The molecule has 0 aromatic carbocycles. The Hall–Kier alpha value is -0.510. The van der Waals surface area contributed by atoms with E-state index in [4.69, 9.17) is 0 Å². The standard InChI is InChI=1S/C9H15N3S/c1-6(2)8-10-11-9(13-3)12(8)7-4-5-7/h6-7H,4-5H2,1-3H3. The molecule has 4 heteroatoms. The van der Waals surface area contributed by atoms with Gasteiger partial charge >= 0.3 is 0 Å². The van der Waals surface area contributed by atoms with Gasteiger partial charge in [-0.15, -0.1) is 10.2 Å². The fraction of sp³-hybridized carbons (Fsp3) is 0.778. The van der Waals surface area contributed by atoms with Gasteiger partial charge in [-0.05, 0) is 19.1 Å². The van der Waals surface area contributed by atoms with E-state index in [-0.39, 0.29) is 0 Å². The van der Waals surface area contributed by atoms with Gasteiger partial charge in [-0.2, -0.15) is 0 Å². The normalized spacial score (nSPS) is 16.9. The topological polar surface area (TPSA) is 30.7 Å². The SMILES string of the molecule is CSc1nnc(C(C)C)n1C1CC1. The summed E-state index contributed by atoms with van der Waals surface area (Å²) in [6.45, 7) is 4.35. The fourth-order valence-electron chi connectivity index (χ4n) is 1.50. The molecule has 1 aromatic heterocycles. The first-order valence-corrected chi connectivity index (χ1v) is 5.95. The minimum Gasteiger partial charge on any atom is -0.303 e. The van der Waals surface area contributed by atoms with E-state index in [0.717, 1.165) is 11.0 Å². The van der Waals surface area contributed by atoms with Gasteiger partial charge in [-0.3, -0.25) is 0 Å². The van der Waals surface area contributed by atoms with Crippen LogP contribution in [-0.4, -0.2) is 21.0 Å². The highest BCUT2D eigenvalue weighted by molar-refractivity contribution is 7.98. The van der Waals surface area contributed by atoms with Crippen molar-refractivity contribution in [3.8, 4) is 0 Å². The van der Waals surface area contributed by atoms with Crippen molar-refractivity contribution in [1.29, 1.82) is 0 Å². The quantitative estimate of drug-likeness (QED) is 0.697. The molecule has 72 valence electrons. The third-order valence-corrected chi connectivity index (χ3v) is 2.95. The van der Waals surface area contributed by atoms with E-state index in [2.05, 4.69) is 34.9 Å². The molecular formula is C9H15N3S. The van der Waals surface area contributed by atoms with E-state index < -0.39 is 0 Å². The smallest absolute Gasteiger partial charge is 0.191 e. The zero-order chi connectivity index (χ0) is 9.42. The molecule has 0 N–H and O–H groups in total. The van der Waals surface area contributed by atoms with Gasteiger partial charge in [0.2, 0.25) is 0 Å². The molecule has 3 nitrogen and oxygen atoms in total. The van der Waals surface area contributed by atoms with E-state index >= 15 is 0 Å². The molecule has 1 fully saturated rings.